The number of aliphatic hydroxyl groups is 1. The minimum absolute atomic E-state index is 0.206. The molecule has 0 aromatic heterocycles. The molecule has 1 N–H and O–H groups in total. The van der Waals surface area contributed by atoms with E-state index < -0.39 is 0 Å². The fourth-order valence-electron chi connectivity index (χ4n) is 0.693. The van der Waals surface area contributed by atoms with Crippen molar-refractivity contribution in [1.82, 2.24) is 5.06 Å². The standard InChI is InChI=1S/C7H11NO2/c9-6-3-5-8-4-1-2-7-10-8/h1-2,4,7,9H,3,5-6H2. The molecule has 0 radical (unpaired) electrons. The highest BCUT2D eigenvalue weighted by atomic mass is 16.7. The molecule has 0 saturated carbocycles. The van der Waals surface area contributed by atoms with Crippen LogP contribution in [0.2, 0.25) is 0 Å². The van der Waals surface area contributed by atoms with Gasteiger partial charge < -0.3 is 9.94 Å². The van der Waals surface area contributed by atoms with Crippen LogP contribution in [0.4, 0.5) is 0 Å². The lowest BCUT2D eigenvalue weighted by Crippen LogP contribution is -2.18. The van der Waals surface area contributed by atoms with E-state index in [9.17, 15) is 0 Å². The predicted molar refractivity (Wildman–Crippen MR) is 37.8 cm³/mol. The van der Waals surface area contributed by atoms with Gasteiger partial charge in [-0.05, 0) is 18.6 Å². The summed E-state index contributed by atoms with van der Waals surface area (Å²) >= 11 is 0. The molecule has 0 atom stereocenters. The molecule has 0 aliphatic carbocycles. The van der Waals surface area contributed by atoms with Gasteiger partial charge in [0.2, 0.25) is 0 Å². The zero-order valence-electron chi connectivity index (χ0n) is 5.73. The summed E-state index contributed by atoms with van der Waals surface area (Å²) in [7, 11) is 0. The van der Waals surface area contributed by atoms with Gasteiger partial charge in [0.25, 0.3) is 0 Å². The van der Waals surface area contributed by atoms with Crippen molar-refractivity contribution in [3.8, 4) is 0 Å². The lowest BCUT2D eigenvalue weighted by atomic mass is 10.4. The van der Waals surface area contributed by atoms with Crippen LogP contribution in [0.1, 0.15) is 6.42 Å². The summed E-state index contributed by atoms with van der Waals surface area (Å²) in [6.07, 6.45) is 7.88. The van der Waals surface area contributed by atoms with Crippen molar-refractivity contribution < 1.29 is 9.94 Å². The van der Waals surface area contributed by atoms with E-state index in [0.29, 0.717) is 0 Å². The minimum atomic E-state index is 0.206. The van der Waals surface area contributed by atoms with E-state index in [0.717, 1.165) is 13.0 Å². The Morgan fingerprint density at radius 1 is 1.40 bits per heavy atom. The average Bonchev–Trinajstić information content (AvgIpc) is 2.03. The number of hydroxylamine groups is 2. The maximum atomic E-state index is 8.47. The van der Waals surface area contributed by atoms with Crippen molar-refractivity contribution in [2.45, 2.75) is 6.42 Å². The second-order valence-corrected chi connectivity index (χ2v) is 1.99. The first-order valence-electron chi connectivity index (χ1n) is 3.31. The molecule has 0 bridgehead atoms. The average molecular weight is 141 g/mol. The Kier molecular flexibility index (Phi) is 2.83. The summed E-state index contributed by atoms with van der Waals surface area (Å²) in [5.74, 6) is 0. The van der Waals surface area contributed by atoms with E-state index in [4.69, 9.17) is 9.94 Å². The van der Waals surface area contributed by atoms with Gasteiger partial charge in [0.15, 0.2) is 0 Å². The molecular formula is C7H11NO2. The smallest absolute Gasteiger partial charge is 0.119 e. The van der Waals surface area contributed by atoms with Crippen molar-refractivity contribution in [3.63, 3.8) is 0 Å². The van der Waals surface area contributed by atoms with Crippen LogP contribution in [-0.4, -0.2) is 23.3 Å². The van der Waals surface area contributed by atoms with Crippen LogP contribution in [0, 0.1) is 0 Å². The molecule has 1 rings (SSSR count). The predicted octanol–water partition coefficient (Wildman–Crippen LogP) is 0.643. The molecule has 0 unspecified atom stereocenters. The lowest BCUT2D eigenvalue weighted by molar-refractivity contribution is -0.0622. The van der Waals surface area contributed by atoms with Crippen LogP contribution < -0.4 is 0 Å². The van der Waals surface area contributed by atoms with Gasteiger partial charge in [-0.15, -0.1) is 0 Å². The first-order chi connectivity index (χ1) is 4.93. The largest absolute Gasteiger partial charge is 0.396 e. The van der Waals surface area contributed by atoms with Gasteiger partial charge in [0, 0.05) is 12.8 Å². The van der Waals surface area contributed by atoms with Crippen molar-refractivity contribution in [3.05, 3.63) is 24.6 Å². The Hall–Kier alpha value is -0.960. The SMILES string of the molecule is OCCCN1C=CC=CO1. The van der Waals surface area contributed by atoms with E-state index in [1.165, 1.54) is 0 Å². The van der Waals surface area contributed by atoms with E-state index in [1.54, 1.807) is 11.3 Å². The Bertz CT molecular complexity index is 143. The maximum Gasteiger partial charge on any atom is 0.119 e. The first kappa shape index (κ1) is 7.15. The molecular weight excluding hydrogens is 130 g/mol. The Morgan fingerprint density at radius 3 is 2.90 bits per heavy atom. The summed E-state index contributed by atoms with van der Waals surface area (Å²) in [4.78, 5) is 5.03. The Morgan fingerprint density at radius 2 is 2.30 bits per heavy atom. The second-order valence-electron chi connectivity index (χ2n) is 1.99. The third-order valence-electron chi connectivity index (χ3n) is 1.17. The summed E-state index contributed by atoms with van der Waals surface area (Å²) in [5.41, 5.74) is 0. The molecule has 10 heavy (non-hydrogen) atoms. The number of allylic oxidation sites excluding steroid dienone is 2. The summed E-state index contributed by atoms with van der Waals surface area (Å²) in [6, 6.07) is 0. The maximum absolute atomic E-state index is 8.47. The van der Waals surface area contributed by atoms with Crippen molar-refractivity contribution in [1.29, 1.82) is 0 Å². The molecule has 0 aromatic rings. The molecule has 0 aromatic carbocycles. The summed E-state index contributed by atoms with van der Waals surface area (Å²) in [5, 5.41) is 10.1. The second kappa shape index (κ2) is 3.95. The van der Waals surface area contributed by atoms with Crippen LogP contribution in [0.3, 0.4) is 0 Å². The molecule has 1 aliphatic heterocycles. The first-order valence-corrected chi connectivity index (χ1v) is 3.31. The number of hydrogen-bond acceptors (Lipinski definition) is 3. The van der Waals surface area contributed by atoms with Gasteiger partial charge in [-0.3, -0.25) is 0 Å². The molecule has 1 heterocycles. The van der Waals surface area contributed by atoms with Crippen LogP contribution in [0.5, 0.6) is 0 Å². The van der Waals surface area contributed by atoms with Gasteiger partial charge in [0.05, 0.1) is 6.54 Å². The van der Waals surface area contributed by atoms with Crippen LogP contribution in [0.15, 0.2) is 24.6 Å². The fourth-order valence-corrected chi connectivity index (χ4v) is 0.693. The molecule has 0 spiro atoms. The molecule has 0 amide bonds. The highest BCUT2D eigenvalue weighted by Crippen LogP contribution is 2.00. The number of rotatable bonds is 3. The van der Waals surface area contributed by atoms with E-state index >= 15 is 0 Å². The lowest BCUT2D eigenvalue weighted by Gasteiger charge is -2.18. The molecule has 56 valence electrons. The van der Waals surface area contributed by atoms with Gasteiger partial charge >= 0.3 is 0 Å². The van der Waals surface area contributed by atoms with Gasteiger partial charge in [-0.2, -0.15) is 0 Å². The number of aliphatic hydroxyl groups excluding tert-OH is 1. The van der Waals surface area contributed by atoms with Crippen molar-refractivity contribution >= 4 is 0 Å². The molecule has 3 nitrogen and oxygen atoms in total. The van der Waals surface area contributed by atoms with Crippen molar-refractivity contribution in [2.75, 3.05) is 13.2 Å². The number of nitrogens with zero attached hydrogens (tertiary/aromatic N) is 1. The summed E-state index contributed by atoms with van der Waals surface area (Å²) < 4.78 is 0. The highest BCUT2D eigenvalue weighted by molar-refractivity contribution is 5.01. The van der Waals surface area contributed by atoms with E-state index in [1.807, 2.05) is 18.4 Å². The fraction of sp³-hybridized carbons (Fsp3) is 0.429. The van der Waals surface area contributed by atoms with E-state index in [-0.39, 0.29) is 6.61 Å². The van der Waals surface area contributed by atoms with Gasteiger partial charge in [-0.1, -0.05) is 0 Å². The molecule has 0 fully saturated rings. The van der Waals surface area contributed by atoms with Crippen molar-refractivity contribution in [2.24, 2.45) is 0 Å². The Labute approximate surface area is 60.2 Å². The monoisotopic (exact) mass is 141 g/mol. The van der Waals surface area contributed by atoms with Crippen LogP contribution >= 0.6 is 0 Å². The Balaban J connectivity index is 2.17. The van der Waals surface area contributed by atoms with Gasteiger partial charge in [-0.25, -0.2) is 5.06 Å². The topological polar surface area (TPSA) is 32.7 Å². The third kappa shape index (κ3) is 2.11. The highest BCUT2D eigenvalue weighted by Gasteiger charge is 1.97. The zero-order valence-corrected chi connectivity index (χ0v) is 5.73. The third-order valence-corrected chi connectivity index (χ3v) is 1.17. The quantitative estimate of drug-likeness (QED) is 0.626. The van der Waals surface area contributed by atoms with Crippen LogP contribution in [-0.2, 0) is 4.84 Å². The van der Waals surface area contributed by atoms with Crippen LogP contribution in [0.25, 0.3) is 0 Å². The number of hydrogen-bond donors (Lipinski definition) is 1. The molecule has 0 saturated heterocycles. The van der Waals surface area contributed by atoms with Gasteiger partial charge in [0.1, 0.15) is 6.26 Å². The minimum Gasteiger partial charge on any atom is -0.396 e. The molecule has 1 aliphatic rings. The summed E-state index contributed by atoms with van der Waals surface area (Å²) in [6.45, 7) is 0.939. The zero-order chi connectivity index (χ0) is 7.23. The van der Waals surface area contributed by atoms with E-state index in [2.05, 4.69) is 0 Å². The normalized spacial score (nSPS) is 15.5. The molecule has 3 heteroatoms.